The van der Waals surface area contributed by atoms with E-state index < -0.39 is 0 Å². The van der Waals surface area contributed by atoms with Crippen LogP contribution < -0.4 is 5.32 Å². The fourth-order valence-electron chi connectivity index (χ4n) is 1.27. The summed E-state index contributed by atoms with van der Waals surface area (Å²) < 4.78 is 0.922. The van der Waals surface area contributed by atoms with Gasteiger partial charge in [-0.25, -0.2) is 9.97 Å². The van der Waals surface area contributed by atoms with Gasteiger partial charge < -0.3 is 5.32 Å². The zero-order chi connectivity index (χ0) is 12.4. The Hall–Kier alpha value is -0.840. The van der Waals surface area contributed by atoms with Crippen molar-refractivity contribution in [2.24, 2.45) is 0 Å². The molecule has 0 unspecified atom stereocenters. The number of nitrogens with zero attached hydrogens (tertiary/aromatic N) is 2. The number of rotatable bonds is 2. The molecule has 0 atom stereocenters. The second-order valence-corrected chi connectivity index (χ2v) is 5.08. The molecule has 3 nitrogen and oxygen atoms in total. The Balaban J connectivity index is 2.34. The van der Waals surface area contributed by atoms with Crippen LogP contribution in [0.15, 0.2) is 28.9 Å². The smallest absolute Gasteiger partial charge is 0.224 e. The highest BCUT2D eigenvalue weighted by atomic mass is 79.9. The molecule has 0 aliphatic rings. The molecular formula is C11H8BrCl2N3. The van der Waals surface area contributed by atoms with Gasteiger partial charge >= 0.3 is 0 Å². The van der Waals surface area contributed by atoms with E-state index in [1.807, 2.05) is 25.1 Å². The van der Waals surface area contributed by atoms with Crippen molar-refractivity contribution in [3.8, 4) is 0 Å². The summed E-state index contributed by atoms with van der Waals surface area (Å²) in [5.74, 6) is 0.647. The summed E-state index contributed by atoms with van der Waals surface area (Å²) in [4.78, 5) is 8.00. The third-order valence-corrected chi connectivity index (χ3v) is 3.11. The quantitative estimate of drug-likeness (QED) is 0.817. The van der Waals surface area contributed by atoms with Gasteiger partial charge in [0.05, 0.1) is 10.7 Å². The second-order valence-electron chi connectivity index (χ2n) is 3.42. The van der Waals surface area contributed by atoms with Crippen molar-refractivity contribution >= 4 is 50.6 Å². The number of nitrogens with one attached hydrogen (secondary N) is 1. The lowest BCUT2D eigenvalue weighted by Crippen LogP contribution is -1.98. The molecule has 88 valence electrons. The summed E-state index contributed by atoms with van der Waals surface area (Å²) in [5, 5.41) is 3.93. The largest absolute Gasteiger partial charge is 0.339 e. The van der Waals surface area contributed by atoms with Crippen molar-refractivity contribution < 1.29 is 0 Å². The van der Waals surface area contributed by atoms with Gasteiger partial charge in [-0.2, -0.15) is 0 Å². The van der Waals surface area contributed by atoms with Crippen LogP contribution in [0.4, 0.5) is 11.5 Å². The minimum absolute atomic E-state index is 0.200. The summed E-state index contributed by atoms with van der Waals surface area (Å²) in [6.07, 6.45) is 1.66. The Kier molecular flexibility index (Phi) is 3.86. The van der Waals surface area contributed by atoms with Crippen molar-refractivity contribution in [1.82, 2.24) is 9.97 Å². The number of benzene rings is 1. The average molecular weight is 333 g/mol. The molecule has 1 heterocycles. The second kappa shape index (κ2) is 5.21. The summed E-state index contributed by atoms with van der Waals surface area (Å²) >= 11 is 15.2. The Morgan fingerprint density at radius 3 is 2.76 bits per heavy atom. The molecule has 1 aromatic heterocycles. The van der Waals surface area contributed by atoms with Gasteiger partial charge in [0.25, 0.3) is 0 Å². The molecule has 0 saturated carbocycles. The van der Waals surface area contributed by atoms with Gasteiger partial charge in [-0.3, -0.25) is 0 Å². The van der Waals surface area contributed by atoms with Crippen LogP contribution in [-0.4, -0.2) is 9.97 Å². The first-order chi connectivity index (χ1) is 8.06. The van der Waals surface area contributed by atoms with E-state index in [4.69, 9.17) is 23.2 Å². The molecule has 1 aromatic carbocycles. The van der Waals surface area contributed by atoms with E-state index in [0.29, 0.717) is 10.8 Å². The molecule has 0 bridgehead atoms. The van der Waals surface area contributed by atoms with E-state index in [9.17, 15) is 0 Å². The van der Waals surface area contributed by atoms with E-state index in [1.165, 1.54) is 0 Å². The number of aromatic nitrogens is 2. The molecule has 0 saturated heterocycles. The van der Waals surface area contributed by atoms with Crippen LogP contribution in [-0.2, 0) is 0 Å². The van der Waals surface area contributed by atoms with E-state index in [2.05, 4.69) is 31.2 Å². The van der Waals surface area contributed by atoms with Crippen LogP contribution >= 0.6 is 39.1 Å². The first-order valence-corrected chi connectivity index (χ1v) is 6.32. The maximum atomic E-state index is 6.10. The topological polar surface area (TPSA) is 37.8 Å². The lowest BCUT2D eigenvalue weighted by Gasteiger charge is -2.10. The average Bonchev–Trinajstić information content (AvgIpc) is 2.27. The molecule has 17 heavy (non-hydrogen) atoms. The monoisotopic (exact) mass is 331 g/mol. The molecule has 0 spiro atoms. The van der Waals surface area contributed by atoms with Gasteiger partial charge in [0.15, 0.2) is 0 Å². The maximum absolute atomic E-state index is 6.10. The van der Waals surface area contributed by atoms with Gasteiger partial charge in [0.2, 0.25) is 5.28 Å². The zero-order valence-electron chi connectivity index (χ0n) is 8.84. The number of hydrogen-bond acceptors (Lipinski definition) is 3. The number of anilines is 2. The van der Waals surface area contributed by atoms with Gasteiger partial charge in [-0.05, 0) is 36.7 Å². The van der Waals surface area contributed by atoms with Crippen LogP contribution in [0.2, 0.25) is 10.3 Å². The van der Waals surface area contributed by atoms with E-state index in [1.54, 1.807) is 6.20 Å². The lowest BCUT2D eigenvalue weighted by molar-refractivity contribution is 1.13. The van der Waals surface area contributed by atoms with E-state index >= 15 is 0 Å². The molecular weight excluding hydrogens is 325 g/mol. The standard InChI is InChI=1S/C11H8BrCl2N3/c1-6-5-15-11(14)17-10(6)16-9-3-2-7(12)4-8(9)13/h2-5H,1H3,(H,15,16,17). The first kappa shape index (κ1) is 12.6. The van der Waals surface area contributed by atoms with Crippen LogP contribution in [0.3, 0.4) is 0 Å². The fourth-order valence-corrected chi connectivity index (χ4v) is 2.12. The summed E-state index contributed by atoms with van der Waals surface area (Å²) in [5.41, 5.74) is 1.67. The van der Waals surface area contributed by atoms with Crippen molar-refractivity contribution in [3.05, 3.63) is 44.7 Å². The summed E-state index contributed by atoms with van der Waals surface area (Å²) in [6.45, 7) is 1.89. The first-order valence-electron chi connectivity index (χ1n) is 4.77. The minimum atomic E-state index is 0.200. The molecule has 6 heteroatoms. The van der Waals surface area contributed by atoms with E-state index in [-0.39, 0.29) is 5.28 Å². The molecule has 0 aliphatic heterocycles. The fraction of sp³-hybridized carbons (Fsp3) is 0.0909. The Morgan fingerprint density at radius 1 is 1.29 bits per heavy atom. The molecule has 0 aliphatic carbocycles. The van der Waals surface area contributed by atoms with Gasteiger partial charge in [0, 0.05) is 16.2 Å². The Labute approximate surface area is 117 Å². The SMILES string of the molecule is Cc1cnc(Cl)nc1Nc1ccc(Br)cc1Cl. The third-order valence-electron chi connectivity index (χ3n) is 2.13. The third kappa shape index (κ3) is 3.09. The molecule has 0 fully saturated rings. The predicted molar refractivity (Wildman–Crippen MR) is 74.2 cm³/mol. The molecule has 1 N–H and O–H groups in total. The highest BCUT2D eigenvalue weighted by Crippen LogP contribution is 2.28. The van der Waals surface area contributed by atoms with Crippen LogP contribution in [0.1, 0.15) is 5.56 Å². The van der Waals surface area contributed by atoms with E-state index in [0.717, 1.165) is 15.7 Å². The van der Waals surface area contributed by atoms with Crippen molar-refractivity contribution in [1.29, 1.82) is 0 Å². The molecule has 2 rings (SSSR count). The Morgan fingerprint density at radius 2 is 2.06 bits per heavy atom. The van der Waals surface area contributed by atoms with Gasteiger partial charge in [-0.15, -0.1) is 0 Å². The van der Waals surface area contributed by atoms with Crippen LogP contribution in [0.5, 0.6) is 0 Å². The number of hydrogen-bond donors (Lipinski definition) is 1. The number of aryl methyl sites for hydroxylation is 1. The highest BCUT2D eigenvalue weighted by Gasteiger charge is 2.06. The lowest BCUT2D eigenvalue weighted by atomic mass is 10.3. The van der Waals surface area contributed by atoms with Crippen molar-refractivity contribution in [2.45, 2.75) is 6.92 Å². The highest BCUT2D eigenvalue weighted by molar-refractivity contribution is 9.10. The summed E-state index contributed by atoms with van der Waals surface area (Å²) in [7, 11) is 0. The van der Waals surface area contributed by atoms with Gasteiger partial charge in [0.1, 0.15) is 5.82 Å². The molecule has 0 amide bonds. The van der Waals surface area contributed by atoms with Crippen LogP contribution in [0, 0.1) is 6.92 Å². The normalized spacial score (nSPS) is 10.4. The maximum Gasteiger partial charge on any atom is 0.224 e. The molecule has 2 aromatic rings. The van der Waals surface area contributed by atoms with Crippen molar-refractivity contribution in [3.63, 3.8) is 0 Å². The van der Waals surface area contributed by atoms with Gasteiger partial charge in [-0.1, -0.05) is 27.5 Å². The van der Waals surface area contributed by atoms with Crippen molar-refractivity contribution in [2.75, 3.05) is 5.32 Å². The summed E-state index contributed by atoms with van der Waals surface area (Å²) in [6, 6.07) is 5.57. The predicted octanol–water partition coefficient (Wildman–Crippen LogP) is 4.60. The number of halogens is 3. The van der Waals surface area contributed by atoms with Crippen LogP contribution in [0.25, 0.3) is 0 Å². The Bertz CT molecular complexity index is 560. The molecule has 0 radical (unpaired) electrons. The zero-order valence-corrected chi connectivity index (χ0v) is 11.9. The minimum Gasteiger partial charge on any atom is -0.339 e.